The van der Waals surface area contributed by atoms with Gasteiger partial charge in [0, 0.05) is 23.8 Å². The lowest BCUT2D eigenvalue weighted by Gasteiger charge is -2.40. The first-order valence-corrected chi connectivity index (χ1v) is 6.18. The Morgan fingerprint density at radius 1 is 1.41 bits per heavy atom. The van der Waals surface area contributed by atoms with Crippen LogP contribution in [0.4, 0.5) is 5.82 Å². The fourth-order valence-electron chi connectivity index (χ4n) is 2.60. The van der Waals surface area contributed by atoms with E-state index in [1.165, 1.54) is 19.3 Å². The molecule has 2 unspecified atom stereocenters. The third kappa shape index (κ3) is 2.40. The highest BCUT2D eigenvalue weighted by molar-refractivity contribution is 5.95. The van der Waals surface area contributed by atoms with Gasteiger partial charge in [-0.2, -0.15) is 0 Å². The van der Waals surface area contributed by atoms with Crippen LogP contribution in [0.15, 0.2) is 18.3 Å². The van der Waals surface area contributed by atoms with E-state index in [1.807, 2.05) is 6.07 Å². The normalized spacial score (nSPS) is 24.7. The Morgan fingerprint density at radius 2 is 2.06 bits per heavy atom. The van der Waals surface area contributed by atoms with Crippen LogP contribution in [0.1, 0.15) is 38.7 Å². The molecule has 0 bridgehead atoms. The number of nitrogen functional groups attached to an aromatic ring is 1. The summed E-state index contributed by atoms with van der Waals surface area (Å²) >= 11 is 0. The Hall–Kier alpha value is -1.58. The van der Waals surface area contributed by atoms with Crippen molar-refractivity contribution in [3.05, 3.63) is 23.9 Å². The summed E-state index contributed by atoms with van der Waals surface area (Å²) in [6.45, 7) is 4.47. The number of anilines is 1. The van der Waals surface area contributed by atoms with Gasteiger partial charge in [-0.3, -0.25) is 5.41 Å². The van der Waals surface area contributed by atoms with Crippen LogP contribution in [-0.2, 0) is 0 Å². The van der Waals surface area contributed by atoms with Gasteiger partial charge in [-0.25, -0.2) is 4.98 Å². The lowest BCUT2D eigenvalue weighted by Crippen LogP contribution is -2.44. The third-order valence-corrected chi connectivity index (χ3v) is 3.51. The molecule has 17 heavy (non-hydrogen) atoms. The van der Waals surface area contributed by atoms with Gasteiger partial charge >= 0.3 is 0 Å². The minimum Gasteiger partial charge on any atom is -0.384 e. The molecule has 0 spiro atoms. The second kappa shape index (κ2) is 4.73. The quantitative estimate of drug-likeness (QED) is 0.606. The lowest BCUT2D eigenvalue weighted by molar-refractivity contribution is 0.411. The Morgan fingerprint density at radius 3 is 2.65 bits per heavy atom. The van der Waals surface area contributed by atoms with Crippen LogP contribution in [0.25, 0.3) is 0 Å². The van der Waals surface area contributed by atoms with E-state index in [-0.39, 0.29) is 5.84 Å². The number of nitrogens with zero attached hydrogens (tertiary/aromatic N) is 2. The number of nitrogens with two attached hydrogens (primary N) is 1. The molecule has 0 saturated carbocycles. The maximum Gasteiger partial charge on any atom is 0.129 e. The molecule has 2 rings (SSSR count). The van der Waals surface area contributed by atoms with E-state index in [2.05, 4.69) is 23.7 Å². The van der Waals surface area contributed by atoms with E-state index in [9.17, 15) is 0 Å². The molecule has 2 atom stereocenters. The number of nitrogens with one attached hydrogen (secondary N) is 1. The van der Waals surface area contributed by atoms with Gasteiger partial charge in [-0.15, -0.1) is 0 Å². The molecule has 0 amide bonds. The standard InChI is InChI=1S/C13H20N4/c1-9-4-3-5-10(2)17(9)12-8-11(13(14)15)6-7-16-12/h6-10H,3-5H2,1-2H3,(H3,14,15). The zero-order chi connectivity index (χ0) is 12.4. The molecule has 4 heteroatoms. The highest BCUT2D eigenvalue weighted by atomic mass is 15.2. The van der Waals surface area contributed by atoms with Gasteiger partial charge in [0.15, 0.2) is 0 Å². The number of hydrogen-bond acceptors (Lipinski definition) is 3. The van der Waals surface area contributed by atoms with Crippen molar-refractivity contribution in [1.82, 2.24) is 4.98 Å². The SMILES string of the molecule is CC1CCCC(C)N1c1cc(C(=N)N)ccn1. The van der Waals surface area contributed by atoms with Crippen molar-refractivity contribution in [3.63, 3.8) is 0 Å². The monoisotopic (exact) mass is 232 g/mol. The van der Waals surface area contributed by atoms with Crippen molar-refractivity contribution in [2.24, 2.45) is 5.73 Å². The van der Waals surface area contributed by atoms with Crippen molar-refractivity contribution in [2.45, 2.75) is 45.2 Å². The summed E-state index contributed by atoms with van der Waals surface area (Å²) in [6.07, 6.45) is 5.43. The maximum atomic E-state index is 7.48. The topological polar surface area (TPSA) is 66.0 Å². The van der Waals surface area contributed by atoms with Crippen LogP contribution in [0.5, 0.6) is 0 Å². The summed E-state index contributed by atoms with van der Waals surface area (Å²) in [7, 11) is 0. The largest absolute Gasteiger partial charge is 0.384 e. The van der Waals surface area contributed by atoms with Gasteiger partial charge in [0.05, 0.1) is 0 Å². The van der Waals surface area contributed by atoms with E-state index in [0.717, 1.165) is 11.4 Å². The summed E-state index contributed by atoms with van der Waals surface area (Å²) in [5, 5.41) is 7.48. The van der Waals surface area contributed by atoms with E-state index < -0.39 is 0 Å². The second-order valence-corrected chi connectivity index (χ2v) is 4.85. The van der Waals surface area contributed by atoms with Gasteiger partial charge < -0.3 is 10.6 Å². The minimum atomic E-state index is 0.103. The highest BCUT2D eigenvalue weighted by Gasteiger charge is 2.25. The van der Waals surface area contributed by atoms with Crippen LogP contribution >= 0.6 is 0 Å². The van der Waals surface area contributed by atoms with E-state index in [1.54, 1.807) is 12.3 Å². The Labute approximate surface area is 102 Å². The highest BCUT2D eigenvalue weighted by Crippen LogP contribution is 2.27. The summed E-state index contributed by atoms with van der Waals surface area (Å²) in [4.78, 5) is 6.76. The molecule has 1 saturated heterocycles. The van der Waals surface area contributed by atoms with Gasteiger partial charge in [0.25, 0.3) is 0 Å². The molecule has 1 aliphatic heterocycles. The molecule has 1 fully saturated rings. The number of aromatic nitrogens is 1. The molecule has 3 N–H and O–H groups in total. The molecule has 92 valence electrons. The summed E-state index contributed by atoms with van der Waals surface area (Å²) in [6, 6.07) is 4.72. The Kier molecular flexibility index (Phi) is 3.31. The van der Waals surface area contributed by atoms with E-state index in [0.29, 0.717) is 12.1 Å². The maximum absolute atomic E-state index is 7.48. The van der Waals surface area contributed by atoms with Gasteiger partial charge in [0.1, 0.15) is 11.7 Å². The van der Waals surface area contributed by atoms with Crippen molar-refractivity contribution < 1.29 is 0 Å². The zero-order valence-corrected chi connectivity index (χ0v) is 10.5. The van der Waals surface area contributed by atoms with Gasteiger partial charge in [-0.1, -0.05) is 0 Å². The predicted octanol–water partition coefficient (Wildman–Crippen LogP) is 2.13. The predicted molar refractivity (Wildman–Crippen MR) is 70.5 cm³/mol. The van der Waals surface area contributed by atoms with Crippen molar-refractivity contribution in [2.75, 3.05) is 4.90 Å². The average Bonchev–Trinajstić information content (AvgIpc) is 2.29. The van der Waals surface area contributed by atoms with Crippen LogP contribution in [0.2, 0.25) is 0 Å². The fraction of sp³-hybridized carbons (Fsp3) is 0.538. The van der Waals surface area contributed by atoms with Gasteiger partial charge in [-0.05, 0) is 45.2 Å². The molecule has 4 nitrogen and oxygen atoms in total. The second-order valence-electron chi connectivity index (χ2n) is 4.85. The molecule has 1 aromatic rings. The summed E-state index contributed by atoms with van der Waals surface area (Å²) in [5.74, 6) is 1.04. The Bertz CT molecular complexity index is 406. The van der Waals surface area contributed by atoms with Crippen molar-refractivity contribution >= 4 is 11.7 Å². The molecule has 0 radical (unpaired) electrons. The first-order chi connectivity index (χ1) is 8.09. The summed E-state index contributed by atoms with van der Waals surface area (Å²) in [5.41, 5.74) is 6.27. The fourth-order valence-corrected chi connectivity index (χ4v) is 2.60. The Balaban J connectivity index is 2.31. The molecular weight excluding hydrogens is 212 g/mol. The first kappa shape index (κ1) is 11.9. The zero-order valence-electron chi connectivity index (χ0n) is 10.5. The molecular formula is C13H20N4. The van der Waals surface area contributed by atoms with Gasteiger partial charge in [0.2, 0.25) is 0 Å². The number of pyridine rings is 1. The van der Waals surface area contributed by atoms with Crippen molar-refractivity contribution in [1.29, 1.82) is 5.41 Å². The van der Waals surface area contributed by atoms with Crippen LogP contribution in [-0.4, -0.2) is 22.9 Å². The van der Waals surface area contributed by atoms with Crippen LogP contribution in [0, 0.1) is 5.41 Å². The minimum absolute atomic E-state index is 0.103. The third-order valence-electron chi connectivity index (χ3n) is 3.51. The number of amidine groups is 1. The number of piperidine rings is 1. The van der Waals surface area contributed by atoms with E-state index in [4.69, 9.17) is 11.1 Å². The first-order valence-electron chi connectivity index (χ1n) is 6.18. The smallest absolute Gasteiger partial charge is 0.129 e. The summed E-state index contributed by atoms with van der Waals surface area (Å²) < 4.78 is 0. The lowest BCUT2D eigenvalue weighted by atomic mass is 9.97. The molecule has 1 aliphatic rings. The van der Waals surface area contributed by atoms with Crippen LogP contribution in [0.3, 0.4) is 0 Å². The molecule has 0 aromatic carbocycles. The molecule has 2 heterocycles. The number of hydrogen-bond donors (Lipinski definition) is 2. The average molecular weight is 232 g/mol. The van der Waals surface area contributed by atoms with Crippen molar-refractivity contribution in [3.8, 4) is 0 Å². The molecule has 1 aromatic heterocycles. The molecule has 0 aliphatic carbocycles. The number of rotatable bonds is 2. The van der Waals surface area contributed by atoms with Crippen LogP contribution < -0.4 is 10.6 Å². The van der Waals surface area contributed by atoms with E-state index >= 15 is 0 Å².